The highest BCUT2D eigenvalue weighted by molar-refractivity contribution is 6.32. The van der Waals surface area contributed by atoms with Crippen LogP contribution in [0.5, 0.6) is 5.75 Å². The highest BCUT2D eigenvalue weighted by Gasteiger charge is 2.13. The molecule has 0 saturated carbocycles. The summed E-state index contributed by atoms with van der Waals surface area (Å²) in [5, 5.41) is 13.5. The highest BCUT2D eigenvalue weighted by atomic mass is 35.5. The Morgan fingerprint density at radius 3 is 2.71 bits per heavy atom. The molecule has 0 radical (unpaired) electrons. The number of anilines is 1. The van der Waals surface area contributed by atoms with E-state index < -0.39 is 5.91 Å². The summed E-state index contributed by atoms with van der Waals surface area (Å²) in [7, 11) is 1.50. The molecule has 3 aromatic rings. The number of benzene rings is 2. The normalized spacial score (nSPS) is 11.2. The maximum atomic E-state index is 12.5. The molecule has 0 fully saturated rings. The van der Waals surface area contributed by atoms with Crippen molar-refractivity contribution in [2.45, 2.75) is 6.92 Å². The zero-order valence-electron chi connectivity index (χ0n) is 15.1. The van der Waals surface area contributed by atoms with E-state index in [2.05, 4.69) is 10.3 Å². The van der Waals surface area contributed by atoms with Gasteiger partial charge in [0.1, 0.15) is 22.5 Å². The predicted octanol–water partition coefficient (Wildman–Crippen LogP) is 5.40. The molecular weight excluding hydrogens is 397 g/mol. The molecule has 0 saturated heterocycles. The van der Waals surface area contributed by atoms with E-state index in [1.54, 1.807) is 24.3 Å². The van der Waals surface area contributed by atoms with Gasteiger partial charge in [0.25, 0.3) is 5.91 Å². The second-order valence-corrected chi connectivity index (χ2v) is 6.75. The lowest BCUT2D eigenvalue weighted by molar-refractivity contribution is -0.112. The Labute approximate surface area is 172 Å². The predicted molar refractivity (Wildman–Crippen MR) is 112 cm³/mol. The van der Waals surface area contributed by atoms with E-state index >= 15 is 0 Å². The molecule has 1 amide bonds. The Morgan fingerprint density at radius 1 is 1.25 bits per heavy atom. The third-order valence-electron chi connectivity index (χ3n) is 4.10. The van der Waals surface area contributed by atoms with Gasteiger partial charge in [-0.1, -0.05) is 41.4 Å². The van der Waals surface area contributed by atoms with Crippen molar-refractivity contribution in [1.82, 2.24) is 4.98 Å². The maximum Gasteiger partial charge on any atom is 0.266 e. The number of halogens is 2. The SMILES string of the molecule is COc1ccc(NC(=O)/C(C#N)=C/c2cc3cccc(C)c3nc2Cl)cc1Cl. The number of hydrogen-bond acceptors (Lipinski definition) is 4. The molecule has 1 N–H and O–H groups in total. The van der Waals surface area contributed by atoms with Gasteiger partial charge in [-0.3, -0.25) is 4.79 Å². The molecule has 140 valence electrons. The second kappa shape index (κ2) is 8.30. The Balaban J connectivity index is 1.92. The van der Waals surface area contributed by atoms with Crippen LogP contribution < -0.4 is 10.1 Å². The molecular formula is C21H15Cl2N3O2. The van der Waals surface area contributed by atoms with Crippen molar-refractivity contribution in [1.29, 1.82) is 5.26 Å². The van der Waals surface area contributed by atoms with Crippen molar-refractivity contribution in [3.05, 3.63) is 69.3 Å². The van der Waals surface area contributed by atoms with E-state index in [0.717, 1.165) is 16.5 Å². The van der Waals surface area contributed by atoms with Crippen molar-refractivity contribution in [3.63, 3.8) is 0 Å². The fourth-order valence-corrected chi connectivity index (χ4v) is 3.14. The molecule has 1 heterocycles. The van der Waals surface area contributed by atoms with Crippen LogP contribution in [0.25, 0.3) is 17.0 Å². The van der Waals surface area contributed by atoms with Gasteiger partial charge < -0.3 is 10.1 Å². The number of fused-ring (bicyclic) bond motifs is 1. The van der Waals surface area contributed by atoms with Gasteiger partial charge in [0, 0.05) is 16.6 Å². The fourth-order valence-electron chi connectivity index (χ4n) is 2.69. The van der Waals surface area contributed by atoms with E-state index in [-0.39, 0.29) is 10.7 Å². The molecule has 0 aliphatic heterocycles. The summed E-state index contributed by atoms with van der Waals surface area (Å²) in [6.45, 7) is 1.94. The van der Waals surface area contributed by atoms with Gasteiger partial charge in [-0.05, 0) is 42.8 Å². The summed E-state index contributed by atoms with van der Waals surface area (Å²) in [5.41, 5.74) is 2.59. The number of methoxy groups -OCH3 is 1. The molecule has 5 nitrogen and oxygen atoms in total. The smallest absolute Gasteiger partial charge is 0.266 e. The number of nitrogens with one attached hydrogen (secondary N) is 1. The summed E-state index contributed by atoms with van der Waals surface area (Å²) in [5.74, 6) is -0.0934. The standard InChI is InChI=1S/C21H15Cl2N3O2/c1-12-4-3-5-13-8-14(20(23)26-19(12)13)9-15(11-24)21(27)25-16-6-7-18(28-2)17(22)10-16/h3-10H,1-2H3,(H,25,27)/b15-9+. The average molecular weight is 412 g/mol. The van der Waals surface area contributed by atoms with Crippen LogP contribution in [0.4, 0.5) is 5.69 Å². The van der Waals surface area contributed by atoms with Crippen LogP contribution in [-0.2, 0) is 4.79 Å². The minimum Gasteiger partial charge on any atom is -0.495 e. The second-order valence-electron chi connectivity index (χ2n) is 5.99. The molecule has 0 aliphatic rings. The summed E-state index contributed by atoms with van der Waals surface area (Å²) < 4.78 is 5.08. The quantitative estimate of drug-likeness (QED) is 0.354. The molecule has 0 bridgehead atoms. The third kappa shape index (κ3) is 4.09. The largest absolute Gasteiger partial charge is 0.495 e. The number of carbonyl (C=O) groups is 1. The molecule has 3 rings (SSSR count). The lowest BCUT2D eigenvalue weighted by atomic mass is 10.1. The number of para-hydroxylation sites is 1. The van der Waals surface area contributed by atoms with E-state index in [4.69, 9.17) is 27.9 Å². The minimum atomic E-state index is -0.580. The lowest BCUT2D eigenvalue weighted by Gasteiger charge is -2.08. The lowest BCUT2D eigenvalue weighted by Crippen LogP contribution is -2.13. The van der Waals surface area contributed by atoms with Gasteiger partial charge in [0.2, 0.25) is 0 Å². The molecule has 0 spiro atoms. The van der Waals surface area contributed by atoms with E-state index in [1.165, 1.54) is 13.2 Å². The Bertz CT molecular complexity index is 1150. The first-order chi connectivity index (χ1) is 13.4. The highest BCUT2D eigenvalue weighted by Crippen LogP contribution is 2.28. The zero-order valence-corrected chi connectivity index (χ0v) is 16.6. The molecule has 7 heteroatoms. The van der Waals surface area contributed by atoms with Gasteiger partial charge in [-0.15, -0.1) is 0 Å². The van der Waals surface area contributed by atoms with Crippen molar-refractivity contribution in [3.8, 4) is 11.8 Å². The number of nitriles is 1. The number of ether oxygens (including phenoxy) is 1. The summed E-state index contributed by atoms with van der Waals surface area (Å²) in [6.07, 6.45) is 1.41. The molecule has 28 heavy (non-hydrogen) atoms. The minimum absolute atomic E-state index is 0.109. The third-order valence-corrected chi connectivity index (χ3v) is 4.70. The summed E-state index contributed by atoms with van der Waals surface area (Å²) in [4.78, 5) is 16.9. The van der Waals surface area contributed by atoms with Crippen LogP contribution in [0.2, 0.25) is 10.2 Å². The monoisotopic (exact) mass is 411 g/mol. The van der Waals surface area contributed by atoms with Crippen LogP contribution in [-0.4, -0.2) is 18.0 Å². The summed E-state index contributed by atoms with van der Waals surface area (Å²) in [6, 6.07) is 14.2. The molecule has 2 aromatic carbocycles. The molecule has 1 aromatic heterocycles. The summed E-state index contributed by atoms with van der Waals surface area (Å²) >= 11 is 12.3. The topological polar surface area (TPSA) is 75.0 Å². The Hall–Kier alpha value is -3.07. The first kappa shape index (κ1) is 19.7. The molecule has 0 atom stereocenters. The van der Waals surface area contributed by atoms with E-state index in [0.29, 0.717) is 22.0 Å². The number of aromatic nitrogens is 1. The maximum absolute atomic E-state index is 12.5. The van der Waals surface area contributed by atoms with Crippen LogP contribution in [0, 0.1) is 18.3 Å². The van der Waals surface area contributed by atoms with Gasteiger partial charge in [0.05, 0.1) is 17.6 Å². The number of pyridine rings is 1. The zero-order chi connectivity index (χ0) is 20.3. The fraction of sp³-hybridized carbons (Fsp3) is 0.0952. The number of rotatable bonds is 4. The van der Waals surface area contributed by atoms with E-state index in [9.17, 15) is 10.1 Å². The van der Waals surface area contributed by atoms with Gasteiger partial charge in [-0.2, -0.15) is 5.26 Å². The number of hydrogen-bond donors (Lipinski definition) is 1. The van der Waals surface area contributed by atoms with Crippen molar-refractivity contribution in [2.24, 2.45) is 0 Å². The number of nitrogens with zero attached hydrogens (tertiary/aromatic N) is 2. The van der Waals surface area contributed by atoms with Gasteiger partial charge >= 0.3 is 0 Å². The van der Waals surface area contributed by atoms with Crippen molar-refractivity contribution < 1.29 is 9.53 Å². The van der Waals surface area contributed by atoms with Crippen molar-refractivity contribution in [2.75, 3.05) is 12.4 Å². The van der Waals surface area contributed by atoms with Crippen LogP contribution in [0.3, 0.4) is 0 Å². The van der Waals surface area contributed by atoms with Crippen LogP contribution >= 0.6 is 23.2 Å². The Morgan fingerprint density at radius 2 is 2.04 bits per heavy atom. The van der Waals surface area contributed by atoms with Gasteiger partial charge in [0.15, 0.2) is 0 Å². The van der Waals surface area contributed by atoms with Gasteiger partial charge in [-0.25, -0.2) is 4.98 Å². The first-order valence-corrected chi connectivity index (χ1v) is 9.01. The van der Waals surface area contributed by atoms with E-state index in [1.807, 2.05) is 31.2 Å². The Kier molecular flexibility index (Phi) is 5.84. The van der Waals surface area contributed by atoms with Crippen molar-refractivity contribution >= 4 is 51.8 Å². The number of carbonyl (C=O) groups excluding carboxylic acids is 1. The number of amides is 1. The number of aryl methyl sites for hydroxylation is 1. The molecule has 0 aliphatic carbocycles. The average Bonchev–Trinajstić information content (AvgIpc) is 2.67. The van der Waals surface area contributed by atoms with Crippen LogP contribution in [0.1, 0.15) is 11.1 Å². The first-order valence-electron chi connectivity index (χ1n) is 8.25. The van der Waals surface area contributed by atoms with Crippen LogP contribution in [0.15, 0.2) is 48.0 Å². The molecule has 0 unspecified atom stereocenters.